The lowest BCUT2D eigenvalue weighted by Crippen LogP contribution is -2.26. The first-order valence-corrected chi connectivity index (χ1v) is 8.35. The highest BCUT2D eigenvalue weighted by Crippen LogP contribution is 2.19. The number of pyridine rings is 1. The lowest BCUT2D eigenvalue weighted by molar-refractivity contribution is 0.0941. The second-order valence-electron chi connectivity index (χ2n) is 5.74. The number of nitrogens with one attached hydrogen (secondary N) is 1. The number of halogens is 1. The highest BCUT2D eigenvalue weighted by molar-refractivity contribution is 6.33. The molecule has 1 N–H and O–H groups in total. The molecule has 130 valence electrons. The first-order valence-electron chi connectivity index (χ1n) is 7.97. The first kappa shape index (κ1) is 16.3. The van der Waals surface area contributed by atoms with Crippen LogP contribution in [0.4, 0.5) is 0 Å². The molecule has 0 radical (unpaired) electrons. The summed E-state index contributed by atoms with van der Waals surface area (Å²) in [5.74, 6) is 0.429. The number of imidazole rings is 1. The van der Waals surface area contributed by atoms with Gasteiger partial charge in [0.15, 0.2) is 0 Å². The molecule has 4 rings (SSSR count). The third kappa shape index (κ3) is 2.82. The van der Waals surface area contributed by atoms with Crippen molar-refractivity contribution in [3.63, 3.8) is 0 Å². The summed E-state index contributed by atoms with van der Waals surface area (Å²) in [6.45, 7) is 0.302. The second kappa shape index (κ2) is 6.61. The Labute approximate surface area is 154 Å². The molecule has 0 saturated carbocycles. The minimum absolute atomic E-state index is 0.291. The fourth-order valence-electron chi connectivity index (χ4n) is 2.84. The third-order valence-corrected chi connectivity index (χ3v) is 4.37. The maximum Gasteiger partial charge on any atom is 0.271 e. The van der Waals surface area contributed by atoms with E-state index in [-0.39, 0.29) is 5.91 Å². The summed E-state index contributed by atoms with van der Waals surface area (Å²) >= 11 is 6.03. The van der Waals surface area contributed by atoms with Crippen molar-refractivity contribution in [1.29, 1.82) is 0 Å². The molecule has 0 aliphatic heterocycles. The summed E-state index contributed by atoms with van der Waals surface area (Å²) in [6, 6.07) is 11.6. The van der Waals surface area contributed by atoms with Gasteiger partial charge >= 0.3 is 0 Å². The molecule has 0 saturated heterocycles. The Balaban J connectivity index is 1.64. The fourth-order valence-corrected chi connectivity index (χ4v) is 3.09. The molecule has 4 aromatic rings. The van der Waals surface area contributed by atoms with E-state index in [9.17, 15) is 4.79 Å². The number of carbonyl (C=O) groups excluding carboxylic acids is 1. The van der Waals surface area contributed by atoms with E-state index in [4.69, 9.17) is 11.6 Å². The molecule has 3 heterocycles. The zero-order chi connectivity index (χ0) is 18.1. The lowest BCUT2D eigenvalue weighted by Gasteiger charge is -2.11. The Hall–Kier alpha value is -3.19. The quantitative estimate of drug-likeness (QED) is 0.602. The summed E-state index contributed by atoms with van der Waals surface area (Å²) in [6.07, 6.45) is 4.90. The van der Waals surface area contributed by atoms with Crippen LogP contribution in [0.2, 0.25) is 5.02 Å². The average Bonchev–Trinajstić information content (AvgIpc) is 3.23. The van der Waals surface area contributed by atoms with Crippen molar-refractivity contribution in [3.8, 4) is 5.82 Å². The zero-order valence-electron chi connectivity index (χ0n) is 13.9. The summed E-state index contributed by atoms with van der Waals surface area (Å²) in [5, 5.41) is 7.18. The van der Waals surface area contributed by atoms with Gasteiger partial charge in [0.2, 0.25) is 0 Å². The number of amides is 1. The number of aryl methyl sites for hydroxylation is 1. The summed E-state index contributed by atoms with van der Waals surface area (Å²) in [4.78, 5) is 21.3. The van der Waals surface area contributed by atoms with Crippen molar-refractivity contribution in [2.24, 2.45) is 7.05 Å². The van der Waals surface area contributed by atoms with Gasteiger partial charge in [-0.1, -0.05) is 29.8 Å². The van der Waals surface area contributed by atoms with Crippen LogP contribution >= 0.6 is 11.6 Å². The number of nitrogens with zero attached hydrogens (tertiary/aromatic N) is 5. The normalized spacial score (nSPS) is 11.0. The van der Waals surface area contributed by atoms with Crippen LogP contribution in [-0.4, -0.2) is 30.2 Å². The van der Waals surface area contributed by atoms with E-state index >= 15 is 0 Å². The van der Waals surface area contributed by atoms with Gasteiger partial charge in [-0.05, 0) is 18.2 Å². The summed E-state index contributed by atoms with van der Waals surface area (Å²) < 4.78 is 3.36. The van der Waals surface area contributed by atoms with Gasteiger partial charge in [0.05, 0.1) is 22.3 Å². The number of hydrogen-bond donors (Lipinski definition) is 1. The van der Waals surface area contributed by atoms with E-state index in [0.29, 0.717) is 17.3 Å². The molecule has 0 aliphatic carbocycles. The Morgan fingerprint density at radius 2 is 2.04 bits per heavy atom. The third-order valence-electron chi connectivity index (χ3n) is 4.10. The van der Waals surface area contributed by atoms with Crippen molar-refractivity contribution < 1.29 is 4.79 Å². The SMILES string of the molecule is Cn1ncc(Cl)c1C(=O)NCc1cccnc1-n1cnc2ccccc21. The monoisotopic (exact) mass is 366 g/mol. The molecule has 7 nitrogen and oxygen atoms in total. The first-order chi connectivity index (χ1) is 12.6. The van der Waals surface area contributed by atoms with Crippen LogP contribution in [0.15, 0.2) is 55.1 Å². The van der Waals surface area contributed by atoms with Crippen LogP contribution in [0.5, 0.6) is 0 Å². The van der Waals surface area contributed by atoms with Crippen molar-refractivity contribution in [3.05, 3.63) is 71.4 Å². The van der Waals surface area contributed by atoms with E-state index in [0.717, 1.165) is 22.4 Å². The van der Waals surface area contributed by atoms with Gasteiger partial charge in [-0.3, -0.25) is 14.0 Å². The van der Waals surface area contributed by atoms with Gasteiger partial charge in [0.25, 0.3) is 5.91 Å². The molecular formula is C18H15ClN6O. The molecule has 0 fully saturated rings. The standard InChI is InChI=1S/C18H15ClN6O/c1-24-16(13(19)10-23-24)18(26)21-9-12-5-4-8-20-17(12)25-11-22-14-6-2-3-7-15(14)25/h2-8,10-11H,9H2,1H3,(H,21,26). The van der Waals surface area contributed by atoms with E-state index in [2.05, 4.69) is 20.4 Å². The Kier molecular flexibility index (Phi) is 4.14. The number of carbonyl (C=O) groups is 1. The molecule has 0 aliphatic rings. The Bertz CT molecular complexity index is 1080. The number of para-hydroxylation sites is 2. The van der Waals surface area contributed by atoms with Crippen molar-refractivity contribution in [1.82, 2.24) is 29.6 Å². The van der Waals surface area contributed by atoms with E-state index in [1.54, 1.807) is 19.6 Å². The lowest BCUT2D eigenvalue weighted by atomic mass is 10.2. The van der Waals surface area contributed by atoms with Crippen LogP contribution in [-0.2, 0) is 13.6 Å². The molecule has 26 heavy (non-hydrogen) atoms. The Morgan fingerprint density at radius 1 is 1.19 bits per heavy atom. The maximum absolute atomic E-state index is 12.4. The fraction of sp³-hybridized carbons (Fsp3) is 0.111. The molecule has 3 aromatic heterocycles. The van der Waals surface area contributed by atoms with Gasteiger partial charge in [-0.25, -0.2) is 9.97 Å². The van der Waals surface area contributed by atoms with E-state index in [1.807, 2.05) is 41.0 Å². The molecule has 1 amide bonds. The minimum atomic E-state index is -0.291. The summed E-state index contributed by atoms with van der Waals surface area (Å²) in [7, 11) is 1.67. The topological polar surface area (TPSA) is 77.6 Å². The largest absolute Gasteiger partial charge is 0.346 e. The number of fused-ring (bicyclic) bond motifs is 1. The van der Waals surface area contributed by atoms with Gasteiger partial charge < -0.3 is 5.32 Å². The number of rotatable bonds is 4. The van der Waals surface area contributed by atoms with Crippen LogP contribution in [0.25, 0.3) is 16.9 Å². The van der Waals surface area contributed by atoms with Gasteiger partial charge in [-0.2, -0.15) is 5.10 Å². The molecular weight excluding hydrogens is 352 g/mol. The van der Waals surface area contributed by atoms with Gasteiger partial charge in [-0.15, -0.1) is 0 Å². The zero-order valence-corrected chi connectivity index (χ0v) is 14.7. The molecule has 0 bridgehead atoms. The van der Waals surface area contributed by atoms with Crippen molar-refractivity contribution in [2.75, 3.05) is 0 Å². The van der Waals surface area contributed by atoms with Crippen LogP contribution in [0.3, 0.4) is 0 Å². The number of benzene rings is 1. The van der Waals surface area contributed by atoms with Crippen molar-refractivity contribution >= 4 is 28.5 Å². The molecule has 0 spiro atoms. The number of hydrogen-bond acceptors (Lipinski definition) is 4. The van der Waals surface area contributed by atoms with Crippen LogP contribution in [0, 0.1) is 0 Å². The predicted molar refractivity (Wildman–Crippen MR) is 98.3 cm³/mol. The smallest absolute Gasteiger partial charge is 0.271 e. The van der Waals surface area contributed by atoms with Gasteiger partial charge in [0.1, 0.15) is 17.8 Å². The van der Waals surface area contributed by atoms with Crippen molar-refractivity contribution in [2.45, 2.75) is 6.54 Å². The molecule has 0 atom stereocenters. The van der Waals surface area contributed by atoms with Crippen LogP contribution < -0.4 is 5.32 Å². The second-order valence-corrected chi connectivity index (χ2v) is 6.14. The maximum atomic E-state index is 12.4. The molecule has 0 unspecified atom stereocenters. The molecule has 8 heteroatoms. The highest BCUT2D eigenvalue weighted by Gasteiger charge is 2.16. The Morgan fingerprint density at radius 3 is 2.85 bits per heavy atom. The highest BCUT2D eigenvalue weighted by atomic mass is 35.5. The van der Waals surface area contributed by atoms with Crippen LogP contribution in [0.1, 0.15) is 16.1 Å². The number of aromatic nitrogens is 5. The summed E-state index contributed by atoms with van der Waals surface area (Å²) in [5.41, 5.74) is 3.02. The average molecular weight is 367 g/mol. The molecule has 1 aromatic carbocycles. The van der Waals surface area contributed by atoms with E-state index < -0.39 is 0 Å². The van der Waals surface area contributed by atoms with E-state index in [1.165, 1.54) is 10.9 Å². The minimum Gasteiger partial charge on any atom is -0.346 e. The predicted octanol–water partition coefficient (Wildman–Crippen LogP) is 2.74. The van der Waals surface area contributed by atoms with Gasteiger partial charge in [0, 0.05) is 25.4 Å².